The van der Waals surface area contributed by atoms with Gasteiger partial charge in [0.15, 0.2) is 0 Å². The smallest absolute Gasteiger partial charge is 0.279 e. The van der Waals surface area contributed by atoms with Gasteiger partial charge in [0.05, 0.1) is 10.4 Å². The van der Waals surface area contributed by atoms with Crippen LogP contribution in [0, 0.1) is 26.7 Å². The molecule has 0 aliphatic carbocycles. The minimum Gasteiger partial charge on any atom is -0.488 e. The van der Waals surface area contributed by atoms with Gasteiger partial charge in [-0.15, -0.1) is 11.3 Å². The van der Waals surface area contributed by atoms with Crippen LogP contribution >= 0.6 is 11.3 Å². The Balaban J connectivity index is 1.71. The lowest BCUT2D eigenvalue weighted by atomic mass is 10.0. The van der Waals surface area contributed by atoms with Gasteiger partial charge in [-0.3, -0.25) is 20.4 Å². The number of amides is 2. The van der Waals surface area contributed by atoms with E-state index in [-0.39, 0.29) is 5.91 Å². The van der Waals surface area contributed by atoms with Gasteiger partial charge < -0.3 is 4.74 Å². The number of benzene rings is 2. The van der Waals surface area contributed by atoms with Crippen LogP contribution in [-0.2, 0) is 13.0 Å². The van der Waals surface area contributed by atoms with Crippen molar-refractivity contribution in [1.29, 1.82) is 0 Å². The highest BCUT2D eigenvalue weighted by atomic mass is 32.1. The van der Waals surface area contributed by atoms with Crippen molar-refractivity contribution in [2.24, 2.45) is 5.92 Å². The van der Waals surface area contributed by atoms with Crippen molar-refractivity contribution in [3.8, 4) is 5.75 Å². The first-order chi connectivity index (χ1) is 15.2. The third kappa shape index (κ3) is 5.98. The van der Waals surface area contributed by atoms with Crippen LogP contribution in [0.5, 0.6) is 5.75 Å². The van der Waals surface area contributed by atoms with E-state index in [2.05, 4.69) is 24.7 Å². The molecule has 0 spiro atoms. The number of aryl methyl sites for hydroxylation is 3. The number of thiophene rings is 1. The van der Waals surface area contributed by atoms with E-state index in [1.165, 1.54) is 16.9 Å². The molecule has 32 heavy (non-hydrogen) atoms. The molecule has 0 saturated heterocycles. The molecule has 0 unspecified atom stereocenters. The summed E-state index contributed by atoms with van der Waals surface area (Å²) in [5.41, 5.74) is 9.48. The van der Waals surface area contributed by atoms with Crippen molar-refractivity contribution in [2.45, 2.75) is 47.6 Å². The summed E-state index contributed by atoms with van der Waals surface area (Å²) in [5, 5.41) is 0. The highest BCUT2D eigenvalue weighted by Crippen LogP contribution is 2.27. The Morgan fingerprint density at radius 1 is 0.969 bits per heavy atom. The molecule has 6 heteroatoms. The fourth-order valence-electron chi connectivity index (χ4n) is 3.56. The molecule has 3 aromatic rings. The largest absolute Gasteiger partial charge is 0.488 e. The SMILES string of the molecule is Cc1cc(C)c(OCc2ccccc2)c(C(=O)NNC(=O)c2cc(CC(C)C)c(C)s2)c1. The zero-order valence-corrected chi connectivity index (χ0v) is 20.1. The molecule has 2 N–H and O–H groups in total. The molecule has 2 amide bonds. The second-order valence-electron chi connectivity index (χ2n) is 8.43. The van der Waals surface area contributed by atoms with E-state index in [4.69, 9.17) is 4.74 Å². The first-order valence-corrected chi connectivity index (χ1v) is 11.5. The number of carbonyl (C=O) groups is 2. The molecular weight excluding hydrogens is 420 g/mol. The second kappa shape index (κ2) is 10.5. The quantitative estimate of drug-likeness (QED) is 0.465. The highest BCUT2D eigenvalue weighted by molar-refractivity contribution is 7.14. The van der Waals surface area contributed by atoms with Gasteiger partial charge in [0.2, 0.25) is 0 Å². The molecule has 1 aromatic heterocycles. The summed E-state index contributed by atoms with van der Waals surface area (Å²) in [6, 6.07) is 15.4. The highest BCUT2D eigenvalue weighted by Gasteiger charge is 2.18. The zero-order valence-electron chi connectivity index (χ0n) is 19.2. The van der Waals surface area contributed by atoms with Crippen LogP contribution in [-0.4, -0.2) is 11.8 Å². The van der Waals surface area contributed by atoms with Gasteiger partial charge in [0, 0.05) is 4.88 Å². The van der Waals surface area contributed by atoms with Gasteiger partial charge in [-0.25, -0.2) is 0 Å². The van der Waals surface area contributed by atoms with Crippen LogP contribution in [0.2, 0.25) is 0 Å². The topological polar surface area (TPSA) is 67.4 Å². The third-order valence-electron chi connectivity index (χ3n) is 5.05. The van der Waals surface area contributed by atoms with Gasteiger partial charge in [-0.1, -0.05) is 50.2 Å². The van der Waals surface area contributed by atoms with Crippen LogP contribution in [0.4, 0.5) is 0 Å². The summed E-state index contributed by atoms with van der Waals surface area (Å²) in [5.74, 6) is 0.289. The minimum absolute atomic E-state index is 0.322. The maximum Gasteiger partial charge on any atom is 0.279 e. The number of carbonyl (C=O) groups excluding carboxylic acids is 2. The van der Waals surface area contributed by atoms with E-state index >= 15 is 0 Å². The van der Waals surface area contributed by atoms with Crippen molar-refractivity contribution in [3.63, 3.8) is 0 Å². The Labute approximate surface area is 193 Å². The molecule has 5 nitrogen and oxygen atoms in total. The van der Waals surface area contributed by atoms with Gasteiger partial charge >= 0.3 is 0 Å². The molecule has 0 radical (unpaired) electrons. The number of rotatable bonds is 7. The van der Waals surface area contributed by atoms with E-state index in [1.54, 1.807) is 6.07 Å². The van der Waals surface area contributed by atoms with Gasteiger partial charge in [-0.2, -0.15) is 0 Å². The fraction of sp³-hybridized carbons (Fsp3) is 0.308. The van der Waals surface area contributed by atoms with E-state index < -0.39 is 5.91 Å². The molecule has 0 aliphatic rings. The Hall–Kier alpha value is -3.12. The number of ether oxygens (including phenoxy) is 1. The lowest BCUT2D eigenvalue weighted by molar-refractivity contribution is 0.0846. The molecule has 1 heterocycles. The molecule has 0 fully saturated rings. The number of hydrogen-bond donors (Lipinski definition) is 2. The van der Waals surface area contributed by atoms with Crippen LogP contribution in [0.1, 0.15) is 61.0 Å². The fourth-order valence-corrected chi connectivity index (χ4v) is 4.51. The maximum atomic E-state index is 12.9. The number of hydrazine groups is 1. The molecule has 0 bridgehead atoms. The lowest BCUT2D eigenvalue weighted by Crippen LogP contribution is -2.41. The van der Waals surface area contributed by atoms with Gasteiger partial charge in [-0.05, 0) is 67.5 Å². The van der Waals surface area contributed by atoms with Crippen molar-refractivity contribution in [3.05, 3.63) is 86.1 Å². The summed E-state index contributed by atoms with van der Waals surface area (Å²) in [6.45, 7) is 10.5. The first-order valence-electron chi connectivity index (χ1n) is 10.7. The molecule has 0 atom stereocenters. The summed E-state index contributed by atoms with van der Waals surface area (Å²) in [4.78, 5) is 27.3. The summed E-state index contributed by atoms with van der Waals surface area (Å²) in [7, 11) is 0. The van der Waals surface area contributed by atoms with E-state index in [9.17, 15) is 9.59 Å². The van der Waals surface area contributed by atoms with Crippen LogP contribution in [0.15, 0.2) is 48.5 Å². The lowest BCUT2D eigenvalue weighted by Gasteiger charge is -2.15. The zero-order chi connectivity index (χ0) is 23.3. The number of hydrogen-bond acceptors (Lipinski definition) is 4. The molecular formula is C26H30N2O3S. The van der Waals surface area contributed by atoms with E-state index in [0.29, 0.717) is 28.7 Å². The monoisotopic (exact) mass is 450 g/mol. The Morgan fingerprint density at radius 3 is 2.34 bits per heavy atom. The summed E-state index contributed by atoms with van der Waals surface area (Å²) >= 11 is 1.44. The summed E-state index contributed by atoms with van der Waals surface area (Å²) < 4.78 is 6.01. The standard InChI is InChI=1S/C26H30N2O3S/c1-16(2)11-21-14-23(32-19(21)5)26(30)28-27-25(29)22-13-17(3)12-18(4)24(22)31-15-20-9-7-6-8-10-20/h6-10,12-14,16H,11,15H2,1-5H3,(H,27,29)(H,28,30). The first kappa shape index (κ1) is 23.5. The van der Waals surface area contributed by atoms with Crippen molar-refractivity contribution < 1.29 is 14.3 Å². The van der Waals surface area contributed by atoms with Gasteiger partial charge in [0.25, 0.3) is 11.8 Å². The molecule has 0 aliphatic heterocycles. The van der Waals surface area contributed by atoms with Crippen LogP contribution < -0.4 is 15.6 Å². The summed E-state index contributed by atoms with van der Waals surface area (Å²) in [6.07, 6.45) is 0.923. The average Bonchev–Trinajstić information content (AvgIpc) is 3.11. The van der Waals surface area contributed by atoms with Crippen molar-refractivity contribution in [1.82, 2.24) is 10.9 Å². The Morgan fingerprint density at radius 2 is 1.66 bits per heavy atom. The predicted molar refractivity (Wildman–Crippen MR) is 129 cm³/mol. The van der Waals surface area contributed by atoms with E-state index in [1.807, 2.05) is 63.2 Å². The molecule has 2 aromatic carbocycles. The van der Waals surface area contributed by atoms with Gasteiger partial charge in [0.1, 0.15) is 12.4 Å². The second-order valence-corrected chi connectivity index (χ2v) is 9.69. The molecule has 3 rings (SSSR count). The predicted octanol–water partition coefficient (Wildman–Crippen LogP) is 5.53. The third-order valence-corrected chi connectivity index (χ3v) is 6.14. The average molecular weight is 451 g/mol. The van der Waals surface area contributed by atoms with Crippen molar-refractivity contribution in [2.75, 3.05) is 0 Å². The normalized spacial score (nSPS) is 10.8. The molecule has 0 saturated carbocycles. The maximum absolute atomic E-state index is 12.9. The van der Waals surface area contributed by atoms with E-state index in [0.717, 1.165) is 28.0 Å². The Bertz CT molecular complexity index is 1100. The van der Waals surface area contributed by atoms with Crippen molar-refractivity contribution >= 4 is 23.2 Å². The van der Waals surface area contributed by atoms with Crippen LogP contribution in [0.25, 0.3) is 0 Å². The Kier molecular flexibility index (Phi) is 7.70. The number of nitrogens with one attached hydrogen (secondary N) is 2. The molecule has 168 valence electrons. The van der Waals surface area contributed by atoms with Crippen LogP contribution in [0.3, 0.4) is 0 Å². The minimum atomic E-state index is -0.413.